The quantitative estimate of drug-likeness (QED) is 0.494. The summed E-state index contributed by atoms with van der Waals surface area (Å²) in [6.45, 7) is 4.09. The predicted octanol–water partition coefficient (Wildman–Crippen LogP) is 2.44. The maximum Gasteiger partial charge on any atom is 0.343 e. The standard InChI is InChI=1S/C29H28N6O4/c36-25-10-13-34(29(39)31-25)35-27(37)23-7-6-20(18-24(23)28(35)38)19-32-14-16-33(17-15-32)26(21-4-2-1-3-5-21)22-8-11-30-12-9-22/h1-9,11-12,18,26H,10,13-17,19H2,(H,31,36,39). The van der Waals surface area contributed by atoms with Crippen LogP contribution in [0.3, 0.4) is 0 Å². The minimum atomic E-state index is -0.764. The van der Waals surface area contributed by atoms with E-state index in [1.165, 1.54) is 11.1 Å². The molecule has 1 unspecified atom stereocenters. The monoisotopic (exact) mass is 524 g/mol. The summed E-state index contributed by atoms with van der Waals surface area (Å²) in [5.74, 6) is -1.52. The second kappa shape index (κ2) is 10.4. The zero-order chi connectivity index (χ0) is 26.9. The van der Waals surface area contributed by atoms with Crippen LogP contribution in [0.4, 0.5) is 4.79 Å². The smallest absolute Gasteiger partial charge is 0.297 e. The molecule has 198 valence electrons. The Morgan fingerprint density at radius 1 is 0.769 bits per heavy atom. The molecule has 0 saturated carbocycles. The molecule has 3 aliphatic heterocycles. The number of aromatic nitrogens is 1. The fraction of sp³-hybridized carbons (Fsp3) is 0.276. The molecule has 0 spiro atoms. The fourth-order valence-electron chi connectivity index (χ4n) is 5.57. The van der Waals surface area contributed by atoms with Gasteiger partial charge in [-0.25, -0.2) is 9.80 Å². The van der Waals surface area contributed by atoms with Gasteiger partial charge in [-0.1, -0.05) is 36.4 Å². The van der Waals surface area contributed by atoms with Gasteiger partial charge in [0, 0.05) is 51.5 Å². The van der Waals surface area contributed by atoms with Crippen molar-refractivity contribution in [3.05, 3.63) is 101 Å². The maximum atomic E-state index is 13.1. The first-order chi connectivity index (χ1) is 19.0. The second-order valence-corrected chi connectivity index (χ2v) is 9.93. The average Bonchev–Trinajstić information content (AvgIpc) is 3.20. The number of fused-ring (bicyclic) bond motifs is 1. The molecule has 1 atom stereocenters. The SMILES string of the molecule is O=C1CCN(N2C(=O)c3ccc(CN4CCN(C(c5ccccc5)c5ccncc5)CC4)cc3C2=O)C(=O)N1. The van der Waals surface area contributed by atoms with Gasteiger partial charge < -0.3 is 0 Å². The van der Waals surface area contributed by atoms with Gasteiger partial charge in [0.15, 0.2) is 0 Å². The van der Waals surface area contributed by atoms with Crippen molar-refractivity contribution < 1.29 is 19.2 Å². The lowest BCUT2D eigenvalue weighted by Gasteiger charge is -2.39. The van der Waals surface area contributed by atoms with Gasteiger partial charge in [0.1, 0.15) is 0 Å². The van der Waals surface area contributed by atoms with E-state index >= 15 is 0 Å². The number of piperazine rings is 1. The molecule has 3 aromatic rings. The number of benzene rings is 2. The van der Waals surface area contributed by atoms with Crippen LogP contribution in [0.2, 0.25) is 0 Å². The van der Waals surface area contributed by atoms with E-state index in [-0.39, 0.29) is 30.1 Å². The van der Waals surface area contributed by atoms with Crippen molar-refractivity contribution in [3.8, 4) is 0 Å². The molecule has 2 saturated heterocycles. The van der Waals surface area contributed by atoms with Crippen LogP contribution in [-0.2, 0) is 11.3 Å². The Morgan fingerprint density at radius 2 is 1.46 bits per heavy atom. The van der Waals surface area contributed by atoms with E-state index < -0.39 is 23.8 Å². The lowest BCUT2D eigenvalue weighted by atomic mass is 9.97. The van der Waals surface area contributed by atoms with Gasteiger partial charge in [0.05, 0.1) is 23.7 Å². The number of carbonyl (C=O) groups excluding carboxylic acids is 4. The summed E-state index contributed by atoms with van der Waals surface area (Å²) >= 11 is 0. The van der Waals surface area contributed by atoms with Gasteiger partial charge in [-0.2, -0.15) is 5.01 Å². The zero-order valence-electron chi connectivity index (χ0n) is 21.3. The number of pyridine rings is 1. The predicted molar refractivity (Wildman–Crippen MR) is 141 cm³/mol. The first-order valence-corrected chi connectivity index (χ1v) is 13.0. The normalized spacial score (nSPS) is 19.3. The van der Waals surface area contributed by atoms with Crippen LogP contribution in [-0.4, -0.2) is 81.3 Å². The minimum absolute atomic E-state index is 0.0171. The number of urea groups is 1. The average molecular weight is 525 g/mol. The number of carbonyl (C=O) groups is 4. The van der Waals surface area contributed by atoms with Crippen molar-refractivity contribution in [2.45, 2.75) is 19.0 Å². The number of imide groups is 2. The number of amides is 5. The topological polar surface area (TPSA) is 106 Å². The van der Waals surface area contributed by atoms with E-state index in [0.717, 1.165) is 41.8 Å². The largest absolute Gasteiger partial charge is 0.343 e. The molecule has 4 heterocycles. The minimum Gasteiger partial charge on any atom is -0.297 e. The van der Waals surface area contributed by atoms with Crippen molar-refractivity contribution in [3.63, 3.8) is 0 Å². The highest BCUT2D eigenvalue weighted by molar-refractivity contribution is 6.22. The summed E-state index contributed by atoms with van der Waals surface area (Å²) in [5.41, 5.74) is 3.93. The molecule has 5 amide bonds. The lowest BCUT2D eigenvalue weighted by Crippen LogP contribution is -2.58. The van der Waals surface area contributed by atoms with Crippen LogP contribution in [0.1, 0.15) is 49.9 Å². The Kier molecular flexibility index (Phi) is 6.64. The van der Waals surface area contributed by atoms with E-state index in [1.807, 2.05) is 24.5 Å². The third-order valence-electron chi connectivity index (χ3n) is 7.52. The highest BCUT2D eigenvalue weighted by atomic mass is 16.2. The molecule has 3 aliphatic rings. The molecular formula is C29H28N6O4. The number of nitrogens with one attached hydrogen (secondary N) is 1. The van der Waals surface area contributed by atoms with Crippen LogP contribution in [0.15, 0.2) is 73.1 Å². The number of hydrogen-bond acceptors (Lipinski definition) is 7. The van der Waals surface area contributed by atoms with Crippen molar-refractivity contribution in [1.82, 2.24) is 30.1 Å². The van der Waals surface area contributed by atoms with E-state index in [9.17, 15) is 19.2 Å². The summed E-state index contributed by atoms with van der Waals surface area (Å²) in [4.78, 5) is 58.8. The molecule has 10 nitrogen and oxygen atoms in total. The molecule has 1 N–H and O–H groups in total. The van der Waals surface area contributed by atoms with Gasteiger partial charge >= 0.3 is 6.03 Å². The molecule has 1 aromatic heterocycles. The Balaban J connectivity index is 1.14. The van der Waals surface area contributed by atoms with E-state index in [4.69, 9.17) is 0 Å². The highest BCUT2D eigenvalue weighted by Gasteiger charge is 2.43. The van der Waals surface area contributed by atoms with Crippen molar-refractivity contribution in [2.75, 3.05) is 32.7 Å². The van der Waals surface area contributed by atoms with Gasteiger partial charge in [-0.05, 0) is 41.0 Å². The third kappa shape index (κ3) is 4.80. The number of rotatable bonds is 6. The summed E-state index contributed by atoms with van der Waals surface area (Å²) in [7, 11) is 0. The number of hydrogen-bond donors (Lipinski definition) is 1. The first-order valence-electron chi connectivity index (χ1n) is 13.0. The maximum absolute atomic E-state index is 13.1. The Hall–Kier alpha value is -4.41. The summed E-state index contributed by atoms with van der Waals surface area (Å²) in [6, 6.07) is 19.3. The summed E-state index contributed by atoms with van der Waals surface area (Å²) < 4.78 is 0. The van der Waals surface area contributed by atoms with Gasteiger partial charge in [0.2, 0.25) is 5.91 Å². The Labute approximate surface area is 225 Å². The summed E-state index contributed by atoms with van der Waals surface area (Å²) in [6.07, 6.45) is 3.70. The molecule has 0 aliphatic carbocycles. The molecule has 0 bridgehead atoms. The summed E-state index contributed by atoms with van der Waals surface area (Å²) in [5, 5.41) is 4.02. The molecule has 39 heavy (non-hydrogen) atoms. The zero-order valence-corrected chi connectivity index (χ0v) is 21.3. The Morgan fingerprint density at radius 3 is 2.18 bits per heavy atom. The van der Waals surface area contributed by atoms with E-state index in [1.54, 1.807) is 12.1 Å². The van der Waals surface area contributed by atoms with Crippen LogP contribution < -0.4 is 5.32 Å². The van der Waals surface area contributed by atoms with E-state index in [0.29, 0.717) is 6.54 Å². The van der Waals surface area contributed by atoms with Crippen LogP contribution in [0.25, 0.3) is 0 Å². The van der Waals surface area contributed by atoms with Gasteiger partial charge in [-0.3, -0.25) is 34.5 Å². The van der Waals surface area contributed by atoms with E-state index in [2.05, 4.69) is 56.5 Å². The third-order valence-corrected chi connectivity index (χ3v) is 7.52. The molecule has 2 aromatic carbocycles. The number of nitrogens with zero attached hydrogens (tertiary/aromatic N) is 5. The molecule has 0 radical (unpaired) electrons. The van der Waals surface area contributed by atoms with Crippen LogP contribution >= 0.6 is 0 Å². The molecule has 6 rings (SSSR count). The van der Waals surface area contributed by atoms with Crippen LogP contribution in [0, 0.1) is 0 Å². The van der Waals surface area contributed by atoms with Crippen molar-refractivity contribution in [1.29, 1.82) is 0 Å². The van der Waals surface area contributed by atoms with Crippen molar-refractivity contribution >= 4 is 23.8 Å². The fourth-order valence-corrected chi connectivity index (χ4v) is 5.57. The molecule has 2 fully saturated rings. The van der Waals surface area contributed by atoms with Gasteiger partial charge in [0.25, 0.3) is 11.8 Å². The van der Waals surface area contributed by atoms with Crippen LogP contribution in [0.5, 0.6) is 0 Å². The Bertz CT molecular complexity index is 1380. The molecular weight excluding hydrogens is 496 g/mol. The molecule has 10 heteroatoms. The number of hydrazine groups is 1. The van der Waals surface area contributed by atoms with Crippen molar-refractivity contribution in [2.24, 2.45) is 0 Å². The van der Waals surface area contributed by atoms with Gasteiger partial charge in [-0.15, -0.1) is 0 Å². The first kappa shape index (κ1) is 24.9. The highest BCUT2D eigenvalue weighted by Crippen LogP contribution is 2.30. The second-order valence-electron chi connectivity index (χ2n) is 9.93. The lowest BCUT2D eigenvalue weighted by molar-refractivity contribution is -0.122.